The highest BCUT2D eigenvalue weighted by atomic mass is 16.5. The van der Waals surface area contributed by atoms with Crippen molar-refractivity contribution >= 4 is 16.9 Å². The molecule has 3 atom stereocenters. The Morgan fingerprint density at radius 2 is 2.19 bits per heavy atom. The molecular weight excluding hydrogens is 264 g/mol. The number of fused-ring (bicyclic) bond motifs is 3. The van der Waals surface area contributed by atoms with Gasteiger partial charge in [-0.2, -0.15) is 0 Å². The third-order valence-corrected chi connectivity index (χ3v) is 4.99. The van der Waals surface area contributed by atoms with Crippen LogP contribution >= 0.6 is 0 Å². The average molecular weight is 282 g/mol. The van der Waals surface area contributed by atoms with Gasteiger partial charge in [-0.1, -0.05) is 24.3 Å². The molecule has 1 aromatic heterocycles. The van der Waals surface area contributed by atoms with Crippen molar-refractivity contribution < 1.29 is 9.53 Å². The highest BCUT2D eigenvalue weighted by Gasteiger charge is 2.58. The molecule has 4 heteroatoms. The Bertz CT molecular complexity index is 715. The van der Waals surface area contributed by atoms with Crippen LogP contribution in [0.1, 0.15) is 30.9 Å². The van der Waals surface area contributed by atoms with Crippen molar-refractivity contribution in [2.45, 2.75) is 36.8 Å². The molecule has 2 aliphatic heterocycles. The van der Waals surface area contributed by atoms with E-state index in [-0.39, 0.29) is 11.9 Å². The largest absolute Gasteiger partial charge is 0.468 e. The molecule has 0 saturated carbocycles. The van der Waals surface area contributed by atoms with Gasteiger partial charge in [0.15, 0.2) is 0 Å². The van der Waals surface area contributed by atoms with E-state index in [9.17, 15) is 4.79 Å². The van der Waals surface area contributed by atoms with E-state index >= 15 is 0 Å². The standard InChI is InChI=1S/C17H18N2O2/c1-21-16(20)17-9-8-12(19-17)10-13(17)15-7-6-11-4-2-3-5-14(11)18-15/h2-7,12-13,19H,8-10H2,1H3. The molecule has 108 valence electrons. The lowest BCUT2D eigenvalue weighted by Crippen LogP contribution is -2.49. The highest BCUT2D eigenvalue weighted by molar-refractivity contribution is 5.84. The van der Waals surface area contributed by atoms with Gasteiger partial charge in [-0.05, 0) is 31.4 Å². The van der Waals surface area contributed by atoms with Crippen LogP contribution in [0.4, 0.5) is 0 Å². The fraction of sp³-hybridized carbons (Fsp3) is 0.412. The summed E-state index contributed by atoms with van der Waals surface area (Å²) < 4.78 is 5.07. The summed E-state index contributed by atoms with van der Waals surface area (Å²) in [5.41, 5.74) is 1.40. The van der Waals surface area contributed by atoms with E-state index < -0.39 is 5.54 Å². The number of para-hydroxylation sites is 1. The SMILES string of the molecule is COC(=O)C12CCC(CC1c1ccc3ccccc3n1)N2. The van der Waals surface area contributed by atoms with Crippen LogP contribution in [-0.2, 0) is 9.53 Å². The number of rotatable bonds is 2. The van der Waals surface area contributed by atoms with Gasteiger partial charge >= 0.3 is 5.97 Å². The van der Waals surface area contributed by atoms with E-state index in [1.54, 1.807) is 0 Å². The minimum absolute atomic E-state index is 0.105. The Labute approximate surface area is 123 Å². The van der Waals surface area contributed by atoms with Gasteiger partial charge < -0.3 is 4.74 Å². The highest BCUT2D eigenvalue weighted by Crippen LogP contribution is 2.48. The van der Waals surface area contributed by atoms with Gasteiger partial charge in [0.2, 0.25) is 0 Å². The number of hydrogen-bond donors (Lipinski definition) is 1. The number of esters is 1. The Morgan fingerprint density at radius 1 is 1.33 bits per heavy atom. The Balaban J connectivity index is 1.79. The molecule has 4 nitrogen and oxygen atoms in total. The predicted molar refractivity (Wildman–Crippen MR) is 80.0 cm³/mol. The first-order valence-corrected chi connectivity index (χ1v) is 7.45. The maximum atomic E-state index is 12.3. The topological polar surface area (TPSA) is 51.2 Å². The number of methoxy groups -OCH3 is 1. The maximum Gasteiger partial charge on any atom is 0.326 e. The van der Waals surface area contributed by atoms with E-state index in [1.807, 2.05) is 18.2 Å². The van der Waals surface area contributed by atoms with Crippen LogP contribution in [0.25, 0.3) is 10.9 Å². The summed E-state index contributed by atoms with van der Waals surface area (Å²) in [6, 6.07) is 12.6. The Hall–Kier alpha value is -1.94. The second-order valence-corrected chi connectivity index (χ2v) is 6.06. The summed E-state index contributed by atoms with van der Waals surface area (Å²) in [7, 11) is 1.47. The molecule has 2 fully saturated rings. The molecule has 2 saturated heterocycles. The first kappa shape index (κ1) is 12.8. The van der Waals surface area contributed by atoms with Crippen LogP contribution < -0.4 is 5.32 Å². The third-order valence-electron chi connectivity index (χ3n) is 4.99. The zero-order valence-corrected chi connectivity index (χ0v) is 12.0. The molecule has 21 heavy (non-hydrogen) atoms. The first-order chi connectivity index (χ1) is 10.2. The number of carbonyl (C=O) groups is 1. The number of hydrogen-bond acceptors (Lipinski definition) is 4. The Kier molecular flexibility index (Phi) is 2.76. The monoisotopic (exact) mass is 282 g/mol. The predicted octanol–water partition coefficient (Wildman–Crippen LogP) is 2.39. The minimum Gasteiger partial charge on any atom is -0.468 e. The van der Waals surface area contributed by atoms with Crippen LogP contribution in [0.15, 0.2) is 36.4 Å². The maximum absolute atomic E-state index is 12.3. The summed E-state index contributed by atoms with van der Waals surface area (Å²) in [6.07, 6.45) is 2.84. The molecule has 1 aromatic carbocycles. The number of benzene rings is 1. The molecule has 2 aromatic rings. The van der Waals surface area contributed by atoms with Crippen molar-refractivity contribution in [1.82, 2.24) is 10.3 Å². The van der Waals surface area contributed by atoms with Crippen molar-refractivity contribution in [2.75, 3.05) is 7.11 Å². The molecule has 0 amide bonds. The quantitative estimate of drug-likeness (QED) is 0.859. The van der Waals surface area contributed by atoms with Crippen molar-refractivity contribution in [1.29, 1.82) is 0 Å². The minimum atomic E-state index is -0.575. The normalized spacial score (nSPS) is 30.7. The van der Waals surface area contributed by atoms with E-state index in [2.05, 4.69) is 23.5 Å². The number of aromatic nitrogens is 1. The molecular formula is C17H18N2O2. The van der Waals surface area contributed by atoms with Crippen molar-refractivity contribution in [3.8, 4) is 0 Å². The molecule has 1 N–H and O–H groups in total. The summed E-state index contributed by atoms with van der Waals surface area (Å²) in [5.74, 6) is -0.0456. The molecule has 0 spiro atoms. The molecule has 3 unspecified atom stereocenters. The lowest BCUT2D eigenvalue weighted by atomic mass is 9.76. The molecule has 2 bridgehead atoms. The molecule has 3 heterocycles. The van der Waals surface area contributed by atoms with E-state index in [1.165, 1.54) is 7.11 Å². The van der Waals surface area contributed by atoms with Gasteiger partial charge in [0, 0.05) is 23.0 Å². The van der Waals surface area contributed by atoms with Gasteiger partial charge in [0.1, 0.15) is 5.54 Å². The van der Waals surface area contributed by atoms with Gasteiger partial charge in [-0.15, -0.1) is 0 Å². The fourth-order valence-corrected chi connectivity index (χ4v) is 3.98. The molecule has 0 radical (unpaired) electrons. The van der Waals surface area contributed by atoms with Crippen LogP contribution in [0.3, 0.4) is 0 Å². The molecule has 0 aliphatic carbocycles. The fourth-order valence-electron chi connectivity index (χ4n) is 3.98. The first-order valence-electron chi connectivity index (χ1n) is 7.45. The second-order valence-electron chi connectivity index (χ2n) is 6.06. The average Bonchev–Trinajstić information content (AvgIpc) is 3.13. The number of nitrogens with zero attached hydrogens (tertiary/aromatic N) is 1. The summed E-state index contributed by atoms with van der Waals surface area (Å²) in [6.45, 7) is 0. The van der Waals surface area contributed by atoms with E-state index in [0.717, 1.165) is 35.9 Å². The van der Waals surface area contributed by atoms with Crippen LogP contribution in [0.5, 0.6) is 0 Å². The smallest absolute Gasteiger partial charge is 0.326 e. The molecule has 4 rings (SSSR count). The zero-order chi connectivity index (χ0) is 14.4. The van der Waals surface area contributed by atoms with Gasteiger partial charge in [-0.3, -0.25) is 15.1 Å². The van der Waals surface area contributed by atoms with Crippen LogP contribution in [0, 0.1) is 0 Å². The van der Waals surface area contributed by atoms with Crippen molar-refractivity contribution in [3.63, 3.8) is 0 Å². The second kappa shape index (κ2) is 4.53. The van der Waals surface area contributed by atoms with Gasteiger partial charge in [-0.25, -0.2) is 0 Å². The Morgan fingerprint density at radius 3 is 3.00 bits per heavy atom. The third kappa shape index (κ3) is 1.79. The van der Waals surface area contributed by atoms with Gasteiger partial charge in [0.25, 0.3) is 0 Å². The van der Waals surface area contributed by atoms with E-state index in [0.29, 0.717) is 6.04 Å². The summed E-state index contributed by atoms with van der Waals surface area (Å²) in [5, 5.41) is 4.60. The number of ether oxygens (including phenoxy) is 1. The summed E-state index contributed by atoms with van der Waals surface area (Å²) in [4.78, 5) is 17.1. The van der Waals surface area contributed by atoms with Crippen LogP contribution in [0.2, 0.25) is 0 Å². The van der Waals surface area contributed by atoms with Gasteiger partial charge in [0.05, 0.1) is 12.6 Å². The molecule has 2 aliphatic rings. The number of pyridine rings is 1. The van der Waals surface area contributed by atoms with E-state index in [4.69, 9.17) is 9.72 Å². The van der Waals surface area contributed by atoms with Crippen molar-refractivity contribution in [2.24, 2.45) is 0 Å². The lowest BCUT2D eigenvalue weighted by molar-refractivity contribution is -0.148. The lowest BCUT2D eigenvalue weighted by Gasteiger charge is -2.31. The number of nitrogens with one attached hydrogen (secondary N) is 1. The van der Waals surface area contributed by atoms with Crippen LogP contribution in [-0.4, -0.2) is 29.6 Å². The number of carbonyl (C=O) groups excluding carboxylic acids is 1. The zero-order valence-electron chi connectivity index (χ0n) is 12.0. The summed E-state index contributed by atoms with van der Waals surface area (Å²) >= 11 is 0. The van der Waals surface area contributed by atoms with Crippen molar-refractivity contribution in [3.05, 3.63) is 42.1 Å².